The van der Waals surface area contributed by atoms with Gasteiger partial charge in [-0.25, -0.2) is 4.98 Å². The molecular formula is C27H25Cl2F3N2O6. The Morgan fingerprint density at radius 1 is 1.12 bits per heavy atom. The number of hydrogen-bond donors (Lipinski definition) is 2. The van der Waals surface area contributed by atoms with Crippen LogP contribution in [0.15, 0.2) is 27.1 Å². The van der Waals surface area contributed by atoms with Crippen LogP contribution >= 0.6 is 23.2 Å². The second kappa shape index (κ2) is 10.0. The van der Waals surface area contributed by atoms with E-state index in [9.17, 15) is 23.1 Å². The highest BCUT2D eigenvalue weighted by Gasteiger charge is 2.58. The third-order valence-corrected chi connectivity index (χ3v) is 8.88. The van der Waals surface area contributed by atoms with Crippen LogP contribution in [0.25, 0.3) is 11.3 Å². The van der Waals surface area contributed by atoms with Gasteiger partial charge in [-0.05, 0) is 62.5 Å². The van der Waals surface area contributed by atoms with Gasteiger partial charge in [-0.1, -0.05) is 34.4 Å². The molecule has 0 spiro atoms. The second-order valence-electron chi connectivity index (χ2n) is 10.8. The lowest BCUT2D eigenvalue weighted by Gasteiger charge is -2.40. The Hall–Kier alpha value is -2.60. The molecule has 2 N–H and O–H groups in total. The average Bonchev–Trinajstić information content (AvgIpc) is 3.46. The first-order valence-electron chi connectivity index (χ1n) is 13.0. The Morgan fingerprint density at radius 3 is 2.35 bits per heavy atom. The number of carboxylic acids is 1. The van der Waals surface area contributed by atoms with Crippen molar-refractivity contribution in [2.45, 2.75) is 75.4 Å². The number of aliphatic hydroxyl groups is 1. The fourth-order valence-electron chi connectivity index (χ4n) is 6.24. The number of ether oxygens (including phenoxy) is 1. The van der Waals surface area contributed by atoms with E-state index in [1.807, 2.05) is 0 Å². The number of nitrogens with zero attached hydrogens (tertiary/aromatic N) is 2. The van der Waals surface area contributed by atoms with Gasteiger partial charge in [0.2, 0.25) is 11.7 Å². The van der Waals surface area contributed by atoms with E-state index in [0.717, 1.165) is 24.2 Å². The summed E-state index contributed by atoms with van der Waals surface area (Å²) < 4.78 is 57.7. The zero-order valence-corrected chi connectivity index (χ0v) is 22.5. The summed E-state index contributed by atoms with van der Waals surface area (Å²) in [6.07, 6.45) is -2.46. The van der Waals surface area contributed by atoms with Crippen molar-refractivity contribution in [3.8, 4) is 11.3 Å². The van der Waals surface area contributed by atoms with Gasteiger partial charge < -0.3 is 23.9 Å². The van der Waals surface area contributed by atoms with Gasteiger partial charge in [0.25, 0.3) is 0 Å². The van der Waals surface area contributed by atoms with Crippen molar-refractivity contribution in [1.82, 2.24) is 10.1 Å². The number of benzene rings is 1. The number of aliphatic carboxylic acids is 1. The molecule has 3 aliphatic carbocycles. The lowest BCUT2D eigenvalue weighted by atomic mass is 9.73. The number of alkyl halides is 3. The molecule has 2 heterocycles. The zero-order chi connectivity index (χ0) is 28.4. The van der Waals surface area contributed by atoms with E-state index in [1.54, 1.807) is 18.2 Å². The highest BCUT2D eigenvalue weighted by molar-refractivity contribution is 6.39. The van der Waals surface area contributed by atoms with E-state index in [0.29, 0.717) is 47.0 Å². The first kappa shape index (κ1) is 27.6. The maximum atomic E-state index is 13.6. The minimum atomic E-state index is -4.94. The summed E-state index contributed by atoms with van der Waals surface area (Å²) in [5.74, 6) is -3.43. The molecule has 6 rings (SSSR count). The molecule has 0 saturated heterocycles. The van der Waals surface area contributed by atoms with Crippen molar-refractivity contribution in [3.63, 3.8) is 0 Å². The molecule has 0 unspecified atom stereocenters. The number of carbonyl (C=O) groups is 1. The Kier molecular flexibility index (Phi) is 6.92. The van der Waals surface area contributed by atoms with Crippen molar-refractivity contribution >= 4 is 29.2 Å². The number of fused-ring (bicyclic) bond motifs is 2. The summed E-state index contributed by atoms with van der Waals surface area (Å²) in [7, 11) is 0. The lowest BCUT2D eigenvalue weighted by molar-refractivity contribution is -0.161. The van der Waals surface area contributed by atoms with Crippen LogP contribution in [0.5, 0.6) is 0 Å². The molecule has 13 heteroatoms. The van der Waals surface area contributed by atoms with E-state index in [4.69, 9.17) is 42.0 Å². The number of rotatable bonds is 8. The molecule has 2 aromatic heterocycles. The van der Waals surface area contributed by atoms with Crippen LogP contribution in [0.1, 0.15) is 73.1 Å². The summed E-state index contributed by atoms with van der Waals surface area (Å²) in [6, 6.07) is 5.17. The highest BCUT2D eigenvalue weighted by atomic mass is 35.5. The number of aromatic nitrogens is 2. The molecule has 3 aliphatic rings. The lowest BCUT2D eigenvalue weighted by Crippen LogP contribution is -2.44. The molecule has 4 atom stereocenters. The smallest absolute Gasteiger partial charge is 0.451 e. The van der Waals surface area contributed by atoms with E-state index >= 15 is 0 Å². The third kappa shape index (κ3) is 4.80. The average molecular weight is 601 g/mol. The van der Waals surface area contributed by atoms with Crippen LogP contribution < -0.4 is 0 Å². The molecule has 1 aromatic carbocycles. The van der Waals surface area contributed by atoms with Crippen LogP contribution in [0.2, 0.25) is 10.0 Å². The van der Waals surface area contributed by atoms with Crippen LogP contribution in [0, 0.1) is 11.8 Å². The van der Waals surface area contributed by atoms with Gasteiger partial charge in [0.1, 0.15) is 22.7 Å². The van der Waals surface area contributed by atoms with Gasteiger partial charge >= 0.3 is 12.1 Å². The van der Waals surface area contributed by atoms with E-state index < -0.39 is 53.3 Å². The molecule has 0 radical (unpaired) electrons. The van der Waals surface area contributed by atoms with Crippen LogP contribution in [-0.2, 0) is 34.3 Å². The molecule has 2 bridgehead atoms. The predicted molar refractivity (Wildman–Crippen MR) is 135 cm³/mol. The molecule has 0 aliphatic heterocycles. The van der Waals surface area contributed by atoms with Crippen molar-refractivity contribution in [3.05, 3.63) is 56.9 Å². The number of halogens is 5. The molecule has 3 saturated carbocycles. The summed E-state index contributed by atoms with van der Waals surface area (Å²) in [5.41, 5.74) is -0.667. The molecule has 8 nitrogen and oxygen atoms in total. The Morgan fingerprint density at radius 2 is 1.77 bits per heavy atom. The Bertz CT molecular complexity index is 1420. The highest BCUT2D eigenvalue weighted by Crippen LogP contribution is 2.56. The molecule has 3 fully saturated rings. The molecule has 214 valence electrons. The molecule has 40 heavy (non-hydrogen) atoms. The van der Waals surface area contributed by atoms with Crippen molar-refractivity contribution < 1.29 is 41.9 Å². The van der Waals surface area contributed by atoms with Crippen LogP contribution in [-0.4, -0.2) is 32.4 Å². The first-order valence-corrected chi connectivity index (χ1v) is 13.8. The largest absolute Gasteiger partial charge is 0.481 e. The standard InChI is InChI=1S/C27H25Cl2F3N2O6/c28-17-2-1-3-18(29)21(17)22-16(23(40-34-22)12-4-5-12)11-38-15-8-13-6-7-14(9-15)26(13,37)25-33-19(10-20(35)36)24(39-25)27(30,31)32/h1-3,12-15,37H,4-11H2,(H,35,36)/t13-,14+,15-,26+. The zero-order valence-electron chi connectivity index (χ0n) is 21.0. The van der Waals surface area contributed by atoms with Crippen molar-refractivity contribution in [1.29, 1.82) is 0 Å². The number of hydrogen-bond acceptors (Lipinski definition) is 7. The summed E-state index contributed by atoms with van der Waals surface area (Å²) in [5, 5.41) is 25.8. The first-order chi connectivity index (χ1) is 19.0. The van der Waals surface area contributed by atoms with Gasteiger partial charge in [-0.3, -0.25) is 4.79 Å². The van der Waals surface area contributed by atoms with Gasteiger partial charge in [0, 0.05) is 17.0 Å². The second-order valence-corrected chi connectivity index (χ2v) is 11.6. The monoisotopic (exact) mass is 600 g/mol. The van der Waals surface area contributed by atoms with Crippen LogP contribution in [0.4, 0.5) is 13.2 Å². The number of carboxylic acid groups (broad SMARTS) is 1. The summed E-state index contributed by atoms with van der Waals surface area (Å²) in [6.45, 7) is 0.161. The van der Waals surface area contributed by atoms with E-state index in [2.05, 4.69) is 10.1 Å². The quantitative estimate of drug-likeness (QED) is 0.291. The number of oxazole rings is 1. The molecule has 0 amide bonds. The SMILES string of the molecule is O=C(O)Cc1nc([C@]2(O)[C@@H]3CC[C@H]2C[C@H](OCc2c(-c4c(Cl)cccc4Cl)noc2C2CC2)C3)oc1C(F)(F)F. The fraction of sp³-hybridized carbons (Fsp3) is 0.519. The predicted octanol–water partition coefficient (Wildman–Crippen LogP) is 6.75. The third-order valence-electron chi connectivity index (χ3n) is 8.25. The summed E-state index contributed by atoms with van der Waals surface area (Å²) in [4.78, 5) is 15.0. The van der Waals surface area contributed by atoms with E-state index in [1.165, 1.54) is 0 Å². The van der Waals surface area contributed by atoms with Gasteiger partial charge in [-0.15, -0.1) is 0 Å². The fourth-order valence-corrected chi connectivity index (χ4v) is 6.82. The van der Waals surface area contributed by atoms with E-state index in [-0.39, 0.29) is 18.6 Å². The Labute approximate surface area is 236 Å². The topological polar surface area (TPSA) is 119 Å². The minimum Gasteiger partial charge on any atom is -0.481 e. The van der Waals surface area contributed by atoms with Gasteiger partial charge in [0.05, 0.1) is 29.2 Å². The summed E-state index contributed by atoms with van der Waals surface area (Å²) >= 11 is 12.9. The normalized spacial score (nSPS) is 26.4. The maximum Gasteiger partial charge on any atom is 0.451 e. The van der Waals surface area contributed by atoms with Crippen molar-refractivity contribution in [2.24, 2.45) is 11.8 Å². The molecular weight excluding hydrogens is 576 g/mol. The Balaban J connectivity index is 1.23. The van der Waals surface area contributed by atoms with Crippen molar-refractivity contribution in [2.75, 3.05) is 0 Å². The molecule has 3 aromatic rings. The van der Waals surface area contributed by atoms with Gasteiger partial charge in [-0.2, -0.15) is 13.2 Å². The minimum absolute atomic E-state index is 0.161. The van der Waals surface area contributed by atoms with Crippen LogP contribution in [0.3, 0.4) is 0 Å². The maximum absolute atomic E-state index is 13.6. The van der Waals surface area contributed by atoms with Gasteiger partial charge in [0.15, 0.2) is 0 Å².